The molecule has 1 aliphatic heterocycles. The molecule has 10 nitrogen and oxygen atoms in total. The van der Waals surface area contributed by atoms with Gasteiger partial charge in [0.15, 0.2) is 0 Å². The van der Waals surface area contributed by atoms with Crippen molar-refractivity contribution < 1.29 is 14.6 Å². The Balaban J connectivity index is 2.12. The average Bonchev–Trinajstić information content (AvgIpc) is 3.16. The highest BCUT2D eigenvalue weighted by Crippen LogP contribution is 2.29. The van der Waals surface area contributed by atoms with Gasteiger partial charge in [-0.2, -0.15) is 0 Å². The summed E-state index contributed by atoms with van der Waals surface area (Å²) in [5, 5.41) is 9.59. The lowest BCUT2D eigenvalue weighted by atomic mass is 10.2. The summed E-state index contributed by atoms with van der Waals surface area (Å²) in [5.41, 5.74) is 0.176. The molecule has 158 valence electrons. The number of likely N-dealkylation sites (N-methyl/N-ethyl adjacent to an activating group) is 1. The number of guanidine groups is 1. The van der Waals surface area contributed by atoms with Gasteiger partial charge in [0.2, 0.25) is 5.96 Å². The topological polar surface area (TPSA) is 109 Å². The fourth-order valence-electron chi connectivity index (χ4n) is 3.53. The summed E-state index contributed by atoms with van der Waals surface area (Å²) >= 11 is 1.39. The van der Waals surface area contributed by atoms with Crippen molar-refractivity contribution in [2.45, 2.75) is 33.5 Å². The van der Waals surface area contributed by atoms with Crippen molar-refractivity contribution in [2.75, 3.05) is 33.9 Å². The highest BCUT2D eigenvalue weighted by molar-refractivity contribution is 7.18. The Kier molecular flexibility index (Phi) is 6.08. The van der Waals surface area contributed by atoms with Crippen molar-refractivity contribution in [3.05, 3.63) is 31.3 Å². The molecular formula is C18H25N5O5S. The predicted octanol–water partition coefficient (Wildman–Crippen LogP) is 0.981. The molecule has 2 aromatic heterocycles. The van der Waals surface area contributed by atoms with Crippen molar-refractivity contribution in [3.8, 4) is 0 Å². The maximum Gasteiger partial charge on any atom is 0.434 e. The summed E-state index contributed by atoms with van der Waals surface area (Å²) in [6.07, 6.45) is -1.24. The number of aliphatic imine (C=N–C) groups is 1. The molecule has 0 unspecified atom stereocenters. The van der Waals surface area contributed by atoms with E-state index in [0.29, 0.717) is 49.0 Å². The van der Waals surface area contributed by atoms with E-state index in [9.17, 15) is 14.4 Å². The van der Waals surface area contributed by atoms with Crippen LogP contribution in [0.5, 0.6) is 0 Å². The van der Waals surface area contributed by atoms with Crippen LogP contribution in [0.15, 0.2) is 14.6 Å². The molecule has 0 aliphatic carbocycles. The van der Waals surface area contributed by atoms with Gasteiger partial charge in [0, 0.05) is 38.7 Å². The molecule has 0 aromatic carbocycles. The molecule has 1 amide bonds. The lowest BCUT2D eigenvalue weighted by Gasteiger charge is -2.19. The van der Waals surface area contributed by atoms with Crippen molar-refractivity contribution in [1.29, 1.82) is 0 Å². The van der Waals surface area contributed by atoms with Crippen LogP contribution in [-0.4, -0.2) is 69.9 Å². The van der Waals surface area contributed by atoms with Crippen LogP contribution in [0.3, 0.4) is 0 Å². The number of rotatable bonds is 6. The second kappa shape index (κ2) is 8.37. The van der Waals surface area contributed by atoms with Crippen LogP contribution >= 0.6 is 11.3 Å². The van der Waals surface area contributed by atoms with Gasteiger partial charge in [-0.1, -0.05) is 0 Å². The lowest BCUT2D eigenvalue weighted by Crippen LogP contribution is -2.39. The van der Waals surface area contributed by atoms with Crippen LogP contribution < -0.4 is 11.2 Å². The Labute approximate surface area is 171 Å². The highest BCUT2D eigenvalue weighted by atomic mass is 32.1. The summed E-state index contributed by atoms with van der Waals surface area (Å²) in [5.74, 6) is 0.386. The molecule has 3 rings (SSSR count). The van der Waals surface area contributed by atoms with E-state index in [1.807, 2.05) is 11.8 Å². The third-order valence-electron chi connectivity index (χ3n) is 5.09. The number of carboxylic acid groups (broad SMARTS) is 1. The first kappa shape index (κ1) is 21.1. The van der Waals surface area contributed by atoms with Crippen LogP contribution in [0.4, 0.5) is 4.79 Å². The minimum atomic E-state index is -1.24. The number of aryl methyl sites for hydroxylation is 1. The van der Waals surface area contributed by atoms with Gasteiger partial charge in [0.25, 0.3) is 5.56 Å². The molecule has 2 aromatic rings. The lowest BCUT2D eigenvalue weighted by molar-refractivity contribution is 0.186. The molecule has 1 fully saturated rings. The van der Waals surface area contributed by atoms with E-state index in [1.54, 1.807) is 30.5 Å². The summed E-state index contributed by atoms with van der Waals surface area (Å²) in [6, 6.07) is 0. The summed E-state index contributed by atoms with van der Waals surface area (Å²) < 4.78 is 7.96. The van der Waals surface area contributed by atoms with Crippen LogP contribution in [0.2, 0.25) is 0 Å². The van der Waals surface area contributed by atoms with Gasteiger partial charge in [-0.3, -0.25) is 13.9 Å². The van der Waals surface area contributed by atoms with E-state index in [0.717, 1.165) is 10.4 Å². The number of ether oxygens (including phenoxy) is 1. The number of carbonyl (C=O) groups is 1. The molecule has 29 heavy (non-hydrogen) atoms. The minimum Gasteiger partial charge on any atom is -0.463 e. The molecule has 1 aliphatic rings. The first-order valence-corrected chi connectivity index (χ1v) is 10.1. The monoisotopic (exact) mass is 423 g/mol. The Morgan fingerprint density at radius 2 is 2.00 bits per heavy atom. The van der Waals surface area contributed by atoms with Gasteiger partial charge >= 0.3 is 11.8 Å². The third kappa shape index (κ3) is 3.79. The molecule has 1 saturated heterocycles. The highest BCUT2D eigenvalue weighted by Gasteiger charge is 2.27. The fourth-order valence-corrected chi connectivity index (χ4v) is 4.86. The second-order valence-corrected chi connectivity index (χ2v) is 7.93. The summed E-state index contributed by atoms with van der Waals surface area (Å²) in [4.78, 5) is 45.7. The van der Waals surface area contributed by atoms with E-state index in [-0.39, 0.29) is 17.8 Å². The fraction of sp³-hybridized carbons (Fsp3) is 0.556. The molecule has 0 saturated carbocycles. The van der Waals surface area contributed by atoms with Crippen molar-refractivity contribution >= 4 is 33.6 Å². The summed E-state index contributed by atoms with van der Waals surface area (Å²) in [6.45, 7) is 6.35. The van der Waals surface area contributed by atoms with E-state index < -0.39 is 6.09 Å². The number of nitrogens with zero attached hydrogens (tertiary/aromatic N) is 5. The Morgan fingerprint density at radius 3 is 2.62 bits per heavy atom. The second-order valence-electron chi connectivity index (χ2n) is 6.84. The van der Waals surface area contributed by atoms with Gasteiger partial charge in [0.05, 0.1) is 25.1 Å². The van der Waals surface area contributed by atoms with Crippen LogP contribution in [0, 0.1) is 6.92 Å². The number of amides is 1. The number of fused-ring (bicyclic) bond motifs is 1. The largest absolute Gasteiger partial charge is 0.463 e. The van der Waals surface area contributed by atoms with E-state index in [4.69, 9.17) is 9.84 Å². The number of hydrogen-bond acceptors (Lipinski definition) is 5. The van der Waals surface area contributed by atoms with Gasteiger partial charge in [-0.05, 0) is 19.4 Å². The number of aromatic nitrogens is 2. The maximum atomic E-state index is 12.9. The predicted molar refractivity (Wildman–Crippen MR) is 111 cm³/mol. The van der Waals surface area contributed by atoms with Gasteiger partial charge in [0.1, 0.15) is 4.83 Å². The molecule has 3 heterocycles. The number of methoxy groups -OCH3 is 1. The van der Waals surface area contributed by atoms with Crippen molar-refractivity contribution in [3.63, 3.8) is 0 Å². The SMILES string of the molecule is CCn1c(=O)c2c(C)c(CN3CCN(C)C3=NC(=O)O)sc2n(CCOC)c1=O. The zero-order valence-electron chi connectivity index (χ0n) is 17.0. The first-order valence-electron chi connectivity index (χ1n) is 9.32. The molecular weight excluding hydrogens is 398 g/mol. The van der Waals surface area contributed by atoms with Crippen LogP contribution in [0.1, 0.15) is 17.4 Å². The maximum absolute atomic E-state index is 12.9. The normalized spacial score (nSPS) is 15.8. The average molecular weight is 423 g/mol. The smallest absolute Gasteiger partial charge is 0.434 e. The summed E-state index contributed by atoms with van der Waals surface area (Å²) in [7, 11) is 3.36. The number of thiophene rings is 1. The van der Waals surface area contributed by atoms with Crippen LogP contribution in [-0.2, 0) is 24.4 Å². The Bertz CT molecular complexity index is 1080. The van der Waals surface area contributed by atoms with Gasteiger partial charge < -0.3 is 19.6 Å². The minimum absolute atomic E-state index is 0.289. The van der Waals surface area contributed by atoms with E-state index in [2.05, 4.69) is 4.99 Å². The van der Waals surface area contributed by atoms with Crippen molar-refractivity contribution in [2.24, 2.45) is 4.99 Å². The quantitative estimate of drug-likeness (QED) is 0.738. The molecule has 0 atom stereocenters. The van der Waals surface area contributed by atoms with Crippen LogP contribution in [0.25, 0.3) is 10.2 Å². The molecule has 0 radical (unpaired) electrons. The van der Waals surface area contributed by atoms with Gasteiger partial charge in [-0.25, -0.2) is 9.59 Å². The van der Waals surface area contributed by atoms with Crippen molar-refractivity contribution in [1.82, 2.24) is 18.9 Å². The third-order valence-corrected chi connectivity index (χ3v) is 6.39. The molecule has 0 spiro atoms. The zero-order valence-corrected chi connectivity index (χ0v) is 17.8. The van der Waals surface area contributed by atoms with Gasteiger partial charge in [-0.15, -0.1) is 16.3 Å². The first-order chi connectivity index (χ1) is 13.8. The Hall–Kier alpha value is -2.66. The molecule has 11 heteroatoms. The molecule has 0 bridgehead atoms. The van der Waals surface area contributed by atoms with E-state index >= 15 is 0 Å². The standard InChI is InChI=1S/C18H25N5O5S/c1-5-22-14(24)13-11(2)12(29-15(13)23(18(22)27)8-9-28-4)10-21-7-6-20(3)16(21)19-17(25)26/h5-10H2,1-4H3,(H,25,26). The Morgan fingerprint density at radius 1 is 1.28 bits per heavy atom. The molecule has 1 N–H and O–H groups in total. The number of hydrogen-bond donors (Lipinski definition) is 1. The zero-order chi connectivity index (χ0) is 21.3. The van der Waals surface area contributed by atoms with E-state index in [1.165, 1.54) is 15.9 Å².